The number of ether oxygens (including phenoxy) is 2. The van der Waals surface area contributed by atoms with Gasteiger partial charge in [0.15, 0.2) is 5.90 Å². The van der Waals surface area contributed by atoms with Crippen molar-refractivity contribution in [2.24, 2.45) is 4.99 Å². The van der Waals surface area contributed by atoms with Crippen LogP contribution in [0.15, 0.2) is 23.2 Å². The van der Waals surface area contributed by atoms with Crippen molar-refractivity contribution >= 4 is 11.6 Å². The molecule has 0 spiro atoms. The summed E-state index contributed by atoms with van der Waals surface area (Å²) in [7, 11) is 1.01. The molecule has 1 heterocycles. The van der Waals surface area contributed by atoms with E-state index in [-0.39, 0.29) is 11.5 Å². The molecule has 10 heteroatoms. The molecule has 0 fully saturated rings. The molecule has 0 aromatic heterocycles. The summed E-state index contributed by atoms with van der Waals surface area (Å²) < 4.78 is 63.7. The molecular formula is C14H14F4N2O4. The van der Waals surface area contributed by atoms with E-state index in [1.54, 1.807) is 0 Å². The van der Waals surface area contributed by atoms with E-state index in [0.717, 1.165) is 25.3 Å². The number of benzene rings is 1. The van der Waals surface area contributed by atoms with Gasteiger partial charge in [0.1, 0.15) is 17.5 Å². The van der Waals surface area contributed by atoms with Gasteiger partial charge in [-0.05, 0) is 13.0 Å². The highest BCUT2D eigenvalue weighted by atomic mass is 19.4. The summed E-state index contributed by atoms with van der Waals surface area (Å²) in [4.78, 5) is 14.1. The second kappa shape index (κ2) is 6.00. The summed E-state index contributed by atoms with van der Waals surface area (Å²) in [5, 5.41) is 10.9. The smallest absolute Gasteiger partial charge is 0.428 e. The topological polar surface area (TPSA) is 74.0 Å². The molecule has 0 bridgehead atoms. The molecule has 0 N–H and O–H groups in total. The molecule has 0 amide bonds. The van der Waals surface area contributed by atoms with Crippen LogP contribution in [-0.4, -0.2) is 36.3 Å². The van der Waals surface area contributed by atoms with Crippen molar-refractivity contribution in [2.45, 2.75) is 37.8 Å². The van der Waals surface area contributed by atoms with Crippen molar-refractivity contribution < 1.29 is 32.0 Å². The molecule has 6 nitrogen and oxygen atoms in total. The lowest BCUT2D eigenvalue weighted by Crippen LogP contribution is -2.56. The highest BCUT2D eigenvalue weighted by Gasteiger charge is 2.57. The normalized spacial score (nSPS) is 27.4. The Morgan fingerprint density at radius 1 is 1.42 bits per heavy atom. The number of nitro benzene ring substituents is 1. The van der Waals surface area contributed by atoms with Gasteiger partial charge < -0.3 is 9.47 Å². The van der Waals surface area contributed by atoms with E-state index in [2.05, 4.69) is 4.99 Å². The fraction of sp³-hybridized carbons (Fsp3) is 0.500. The quantitative estimate of drug-likeness (QED) is 0.476. The minimum Gasteiger partial charge on any atom is -0.466 e. The maximum Gasteiger partial charge on any atom is 0.428 e. The predicted octanol–water partition coefficient (Wildman–Crippen LogP) is 3.34. The number of aliphatic imine (C=N–C) groups is 1. The Hall–Kier alpha value is -2.23. The molecule has 1 aromatic rings. The van der Waals surface area contributed by atoms with Crippen LogP contribution in [0.2, 0.25) is 0 Å². The lowest BCUT2D eigenvalue weighted by atomic mass is 9.82. The van der Waals surface area contributed by atoms with Crippen LogP contribution in [-0.2, 0) is 15.0 Å². The molecule has 24 heavy (non-hydrogen) atoms. The van der Waals surface area contributed by atoms with Crippen molar-refractivity contribution in [3.05, 3.63) is 39.7 Å². The van der Waals surface area contributed by atoms with Crippen molar-refractivity contribution in [2.75, 3.05) is 7.11 Å². The average Bonchev–Trinajstić information content (AvgIpc) is 2.45. The van der Waals surface area contributed by atoms with Crippen LogP contribution in [0.1, 0.15) is 19.4 Å². The summed E-state index contributed by atoms with van der Waals surface area (Å²) in [6, 6.07) is 2.59. The second-order valence-corrected chi connectivity index (χ2v) is 5.44. The molecule has 132 valence electrons. The summed E-state index contributed by atoms with van der Waals surface area (Å²) in [5.41, 5.74) is -2.70. The van der Waals surface area contributed by atoms with Gasteiger partial charge in [0.05, 0.1) is 4.92 Å². The molecule has 0 unspecified atom stereocenters. The zero-order valence-corrected chi connectivity index (χ0v) is 12.9. The third-order valence-corrected chi connectivity index (χ3v) is 3.80. The van der Waals surface area contributed by atoms with Crippen LogP contribution in [0.5, 0.6) is 0 Å². The monoisotopic (exact) mass is 350 g/mol. The van der Waals surface area contributed by atoms with E-state index < -0.39 is 40.4 Å². The van der Waals surface area contributed by atoms with Crippen LogP contribution in [0.3, 0.4) is 0 Å². The molecule has 0 aliphatic carbocycles. The predicted molar refractivity (Wildman–Crippen MR) is 75.2 cm³/mol. The van der Waals surface area contributed by atoms with Crippen LogP contribution in [0, 0.1) is 15.9 Å². The van der Waals surface area contributed by atoms with Crippen molar-refractivity contribution in [3.8, 4) is 0 Å². The maximum atomic E-state index is 14.3. The Labute approximate surface area is 134 Å². The first-order chi connectivity index (χ1) is 11.0. The molecule has 0 saturated carbocycles. The molecule has 0 radical (unpaired) electrons. The van der Waals surface area contributed by atoms with E-state index in [1.165, 1.54) is 13.8 Å². The van der Waals surface area contributed by atoms with Gasteiger partial charge in [0.25, 0.3) is 5.69 Å². The molecule has 1 aromatic carbocycles. The number of nitrogens with zero attached hydrogens (tertiary/aromatic N) is 2. The fourth-order valence-electron chi connectivity index (χ4n) is 2.78. The van der Waals surface area contributed by atoms with Gasteiger partial charge in [0.2, 0.25) is 6.10 Å². The second-order valence-electron chi connectivity index (χ2n) is 5.44. The first-order valence-electron chi connectivity index (χ1n) is 6.77. The lowest BCUT2D eigenvalue weighted by Gasteiger charge is -2.42. The number of hydrogen-bond acceptors (Lipinski definition) is 5. The van der Waals surface area contributed by atoms with Crippen molar-refractivity contribution in [1.29, 1.82) is 0 Å². The summed E-state index contributed by atoms with van der Waals surface area (Å²) in [5.74, 6) is -1.25. The Kier molecular flexibility index (Phi) is 4.53. The maximum absolute atomic E-state index is 14.3. The molecule has 3 atom stereocenters. The van der Waals surface area contributed by atoms with Gasteiger partial charge in [-0.15, -0.1) is 0 Å². The van der Waals surface area contributed by atoms with Crippen LogP contribution >= 0.6 is 0 Å². The largest absolute Gasteiger partial charge is 0.466 e. The van der Waals surface area contributed by atoms with Crippen LogP contribution in [0.4, 0.5) is 23.2 Å². The first kappa shape index (κ1) is 18.1. The zero-order chi connectivity index (χ0) is 18.3. The fourth-order valence-corrected chi connectivity index (χ4v) is 2.78. The van der Waals surface area contributed by atoms with E-state index in [0.29, 0.717) is 0 Å². The number of methoxy groups -OCH3 is 1. The number of hydrogen-bond donors (Lipinski definition) is 0. The Morgan fingerprint density at radius 2 is 2.04 bits per heavy atom. The van der Waals surface area contributed by atoms with Gasteiger partial charge in [-0.1, -0.05) is 0 Å². The first-order valence-corrected chi connectivity index (χ1v) is 6.77. The number of alkyl halides is 3. The molecular weight excluding hydrogens is 336 g/mol. The minimum atomic E-state index is -4.80. The summed E-state index contributed by atoms with van der Waals surface area (Å²) >= 11 is 0. The average molecular weight is 350 g/mol. The van der Waals surface area contributed by atoms with Gasteiger partial charge in [-0.3, -0.25) is 10.1 Å². The third kappa shape index (κ3) is 3.05. The van der Waals surface area contributed by atoms with E-state index >= 15 is 0 Å². The number of non-ortho nitro benzene ring substituents is 1. The lowest BCUT2D eigenvalue weighted by molar-refractivity contribution is -0.385. The minimum absolute atomic E-state index is 0.320. The van der Waals surface area contributed by atoms with E-state index in [4.69, 9.17) is 9.47 Å². The SMILES string of the molecule is CO[C@H]1[C@@H](C(F)(F)F)OC(C)=N[C@]1(C)c1cc([N+](=O)[O-])ccc1F. The van der Waals surface area contributed by atoms with Crippen molar-refractivity contribution in [1.82, 2.24) is 0 Å². The molecule has 2 rings (SSSR count). The highest BCUT2D eigenvalue weighted by Crippen LogP contribution is 2.43. The summed E-state index contributed by atoms with van der Waals surface area (Å²) in [6.07, 6.45) is -8.91. The standard InChI is InChI=1S/C14H14F4N2O4/c1-7-19-13(2,11(23-3)12(24-7)14(16,17)18)9-6-8(20(21)22)4-5-10(9)15/h4-6,11-12H,1-3H3/t11-,12-,13+/m0/s1. The number of nitro groups is 1. The number of rotatable bonds is 3. The van der Waals surface area contributed by atoms with Gasteiger partial charge in [-0.2, -0.15) is 13.2 Å². The van der Waals surface area contributed by atoms with Crippen LogP contribution < -0.4 is 0 Å². The summed E-state index contributed by atoms with van der Waals surface area (Å²) in [6.45, 7) is 2.41. The van der Waals surface area contributed by atoms with Crippen molar-refractivity contribution in [3.63, 3.8) is 0 Å². The Balaban J connectivity index is 2.67. The van der Waals surface area contributed by atoms with Gasteiger partial charge >= 0.3 is 6.18 Å². The van der Waals surface area contributed by atoms with Gasteiger partial charge in [0, 0.05) is 31.7 Å². The molecule has 1 aliphatic heterocycles. The Morgan fingerprint density at radius 3 is 2.54 bits per heavy atom. The van der Waals surface area contributed by atoms with E-state index in [1.807, 2.05) is 0 Å². The Bertz CT molecular complexity index is 692. The molecule has 0 saturated heterocycles. The number of halogens is 4. The van der Waals surface area contributed by atoms with Crippen LogP contribution in [0.25, 0.3) is 0 Å². The zero-order valence-electron chi connectivity index (χ0n) is 12.9. The molecule has 1 aliphatic rings. The third-order valence-electron chi connectivity index (χ3n) is 3.80. The van der Waals surface area contributed by atoms with Gasteiger partial charge in [-0.25, -0.2) is 9.38 Å². The highest BCUT2D eigenvalue weighted by molar-refractivity contribution is 5.75. The van der Waals surface area contributed by atoms with E-state index in [9.17, 15) is 27.7 Å².